The second kappa shape index (κ2) is 11.4. The number of carbonyl (C=O) groups is 3. The molecule has 2 aromatic rings. The number of aliphatic hydroxyl groups is 1. The van der Waals surface area contributed by atoms with Gasteiger partial charge in [-0.05, 0) is 31.4 Å². The number of para-hydroxylation sites is 1. The van der Waals surface area contributed by atoms with Gasteiger partial charge in [-0.1, -0.05) is 59.6 Å². The number of ether oxygens (including phenoxy) is 1. The molecule has 12 heteroatoms. The predicted molar refractivity (Wildman–Crippen MR) is 155 cm³/mol. The Morgan fingerprint density at radius 2 is 2.12 bits per heavy atom. The zero-order valence-electron chi connectivity index (χ0n) is 23.0. The van der Waals surface area contributed by atoms with Crippen LogP contribution >= 0.6 is 27.7 Å². The van der Waals surface area contributed by atoms with E-state index in [1.807, 2.05) is 38.1 Å². The Labute approximate surface area is 246 Å². The molecule has 5 rings (SSSR count). The van der Waals surface area contributed by atoms with Gasteiger partial charge in [-0.15, -0.1) is 23.4 Å². The Bertz CT molecular complexity index is 1310. The van der Waals surface area contributed by atoms with E-state index in [0.29, 0.717) is 18.4 Å². The van der Waals surface area contributed by atoms with Crippen LogP contribution in [0, 0.1) is 17.8 Å². The van der Waals surface area contributed by atoms with E-state index in [2.05, 4.69) is 32.8 Å². The molecule has 8 atom stereocenters. The zero-order valence-corrected chi connectivity index (χ0v) is 25.4. The Morgan fingerprint density at radius 3 is 2.80 bits per heavy atom. The molecule has 3 aliphatic rings. The molecule has 3 aliphatic heterocycles. The number of alkyl halides is 1. The summed E-state index contributed by atoms with van der Waals surface area (Å²) in [4.78, 5) is 45.5. The lowest BCUT2D eigenvalue weighted by Gasteiger charge is -2.41. The topological polar surface area (TPSA) is 118 Å². The molecule has 40 heavy (non-hydrogen) atoms. The Kier molecular flexibility index (Phi) is 8.32. The van der Waals surface area contributed by atoms with Crippen LogP contribution in [0.25, 0.3) is 11.0 Å². The molecule has 1 aromatic heterocycles. The molecular formula is C28H36BrN5O5S. The molecule has 1 N–H and O–H groups in total. The van der Waals surface area contributed by atoms with Gasteiger partial charge in [0.1, 0.15) is 18.2 Å². The third kappa shape index (κ3) is 4.46. The van der Waals surface area contributed by atoms with E-state index in [1.165, 1.54) is 0 Å². The van der Waals surface area contributed by atoms with Gasteiger partial charge in [0, 0.05) is 16.6 Å². The SMILES string of the molecule is C=CCN(Cn1nnc2ccccc21)C(=O)C1N([C@@H](CO)[C@@H](C)CC)C(=O)[C@@H]2[C@H](C(=O)OCC)[C@H]3SC12CC3Br. The molecule has 3 fully saturated rings. The van der Waals surface area contributed by atoms with Crippen molar-refractivity contribution in [3.63, 3.8) is 0 Å². The first-order chi connectivity index (χ1) is 19.2. The Morgan fingerprint density at radius 1 is 1.38 bits per heavy atom. The molecule has 10 nitrogen and oxygen atoms in total. The maximum Gasteiger partial charge on any atom is 0.310 e. The summed E-state index contributed by atoms with van der Waals surface area (Å²) in [5.74, 6) is -2.35. The van der Waals surface area contributed by atoms with Crippen LogP contribution < -0.4 is 0 Å². The highest BCUT2D eigenvalue weighted by molar-refractivity contribution is 9.09. The minimum Gasteiger partial charge on any atom is -0.466 e. The van der Waals surface area contributed by atoms with Crippen LogP contribution in [0.4, 0.5) is 0 Å². The number of fused-ring (bicyclic) bond motifs is 2. The third-order valence-electron chi connectivity index (χ3n) is 8.75. The number of halogens is 1. The van der Waals surface area contributed by atoms with Crippen molar-refractivity contribution in [1.82, 2.24) is 24.8 Å². The fourth-order valence-corrected chi connectivity index (χ4v) is 10.3. The van der Waals surface area contributed by atoms with E-state index < -0.39 is 34.6 Å². The second-order valence-corrected chi connectivity index (χ2v) is 13.6. The minimum absolute atomic E-state index is 0.0606. The smallest absolute Gasteiger partial charge is 0.310 e. The van der Waals surface area contributed by atoms with Gasteiger partial charge in [-0.25, -0.2) is 4.68 Å². The van der Waals surface area contributed by atoms with Crippen LogP contribution in [0.1, 0.15) is 33.6 Å². The van der Waals surface area contributed by atoms with E-state index in [-0.39, 0.29) is 54.2 Å². The van der Waals surface area contributed by atoms with Gasteiger partial charge in [0.15, 0.2) is 0 Å². The highest BCUT2D eigenvalue weighted by Gasteiger charge is 2.76. The number of hydrogen-bond donors (Lipinski definition) is 1. The molecule has 4 heterocycles. The van der Waals surface area contributed by atoms with E-state index in [4.69, 9.17) is 4.74 Å². The number of aliphatic hydroxyl groups excluding tert-OH is 1. The van der Waals surface area contributed by atoms with Gasteiger partial charge in [0.05, 0.1) is 41.4 Å². The molecule has 0 saturated carbocycles. The summed E-state index contributed by atoms with van der Waals surface area (Å²) in [5.41, 5.74) is 1.50. The summed E-state index contributed by atoms with van der Waals surface area (Å²) in [6.07, 6.45) is 2.92. The van der Waals surface area contributed by atoms with Gasteiger partial charge in [-0.2, -0.15) is 0 Å². The lowest BCUT2D eigenvalue weighted by atomic mass is 9.71. The number of nitrogens with zero attached hydrogens (tertiary/aromatic N) is 5. The molecule has 2 amide bonds. The highest BCUT2D eigenvalue weighted by atomic mass is 79.9. The maximum absolute atomic E-state index is 14.7. The summed E-state index contributed by atoms with van der Waals surface area (Å²) >= 11 is 5.33. The van der Waals surface area contributed by atoms with Crippen LogP contribution in [-0.2, 0) is 25.8 Å². The van der Waals surface area contributed by atoms with Crippen LogP contribution in [0.15, 0.2) is 36.9 Å². The van der Waals surface area contributed by atoms with Crippen molar-refractivity contribution in [2.75, 3.05) is 19.8 Å². The van der Waals surface area contributed by atoms with E-state index in [1.54, 1.807) is 39.2 Å². The van der Waals surface area contributed by atoms with Crippen LogP contribution in [-0.4, -0.2) is 94.4 Å². The summed E-state index contributed by atoms with van der Waals surface area (Å²) in [6.45, 7) is 9.88. The second-order valence-electron chi connectivity index (χ2n) is 10.9. The van der Waals surface area contributed by atoms with E-state index >= 15 is 0 Å². The lowest BCUT2D eigenvalue weighted by Crippen LogP contribution is -2.59. The monoisotopic (exact) mass is 633 g/mol. The van der Waals surface area contributed by atoms with Crippen LogP contribution in [0.5, 0.6) is 0 Å². The Balaban J connectivity index is 1.59. The predicted octanol–water partition coefficient (Wildman–Crippen LogP) is 2.84. The fourth-order valence-electron chi connectivity index (χ4n) is 6.76. The number of rotatable bonds is 11. The average Bonchev–Trinajstić information content (AvgIpc) is 3.66. The van der Waals surface area contributed by atoms with Crippen molar-refractivity contribution in [3.05, 3.63) is 36.9 Å². The first kappa shape index (κ1) is 29.1. The molecule has 3 unspecified atom stereocenters. The van der Waals surface area contributed by atoms with Crippen LogP contribution in [0.2, 0.25) is 0 Å². The summed E-state index contributed by atoms with van der Waals surface area (Å²) in [7, 11) is 0. The summed E-state index contributed by atoms with van der Waals surface area (Å²) in [6, 6.07) is 6.08. The number of amides is 2. The molecular weight excluding hydrogens is 598 g/mol. The van der Waals surface area contributed by atoms with Crippen molar-refractivity contribution in [3.8, 4) is 0 Å². The van der Waals surface area contributed by atoms with Crippen molar-refractivity contribution in [2.45, 2.75) is 67.2 Å². The van der Waals surface area contributed by atoms with Crippen molar-refractivity contribution in [2.24, 2.45) is 17.8 Å². The van der Waals surface area contributed by atoms with Gasteiger partial charge in [0.25, 0.3) is 0 Å². The van der Waals surface area contributed by atoms with Crippen molar-refractivity contribution in [1.29, 1.82) is 0 Å². The number of aromatic nitrogens is 3. The van der Waals surface area contributed by atoms with Gasteiger partial charge >= 0.3 is 5.97 Å². The largest absolute Gasteiger partial charge is 0.466 e. The third-order valence-corrected chi connectivity index (χ3v) is 12.0. The lowest BCUT2D eigenvalue weighted by molar-refractivity contribution is -0.154. The number of benzene rings is 1. The van der Waals surface area contributed by atoms with Crippen molar-refractivity contribution < 1.29 is 24.2 Å². The van der Waals surface area contributed by atoms with Gasteiger partial charge < -0.3 is 19.6 Å². The van der Waals surface area contributed by atoms with Gasteiger partial charge in [-0.3, -0.25) is 14.4 Å². The number of thioether (sulfide) groups is 1. The molecule has 1 spiro atoms. The molecule has 0 aliphatic carbocycles. The normalized spacial score (nSPS) is 30.4. The molecule has 0 radical (unpaired) electrons. The molecule has 216 valence electrons. The highest BCUT2D eigenvalue weighted by Crippen LogP contribution is 2.68. The maximum atomic E-state index is 14.7. The summed E-state index contributed by atoms with van der Waals surface area (Å²) in [5, 5.41) is 18.9. The first-order valence-corrected chi connectivity index (χ1v) is 15.6. The number of esters is 1. The average molecular weight is 635 g/mol. The molecule has 3 saturated heterocycles. The van der Waals surface area contributed by atoms with Gasteiger partial charge in [0.2, 0.25) is 11.8 Å². The number of carbonyl (C=O) groups excluding carboxylic acids is 3. The fraction of sp³-hybridized carbons (Fsp3) is 0.607. The van der Waals surface area contributed by atoms with Crippen molar-refractivity contribution >= 4 is 56.5 Å². The van der Waals surface area contributed by atoms with Crippen LogP contribution in [0.3, 0.4) is 0 Å². The zero-order chi connectivity index (χ0) is 28.8. The number of hydrogen-bond acceptors (Lipinski definition) is 8. The van der Waals surface area contributed by atoms with E-state index in [9.17, 15) is 19.5 Å². The van der Waals surface area contributed by atoms with E-state index in [0.717, 1.165) is 5.52 Å². The minimum atomic E-state index is -0.875. The Hall–Kier alpha value is -2.44. The number of likely N-dealkylation sites (tertiary alicyclic amines) is 1. The standard InChI is InChI=1S/C28H36BrN5O5S/c1-5-12-32(15-33-19-11-9-8-10-18(19)30-31-33)26(37)24-28-13-17(29)23(40-28)21(27(38)39-7-3)22(28)25(36)34(24)20(14-35)16(4)6-2/h5,8-11,16-17,20-24,35H,1,6-7,12-15H2,2-4H3/t16-,17?,20-,21-,22-,23-,24?,28?/m0/s1. The first-order valence-electron chi connectivity index (χ1n) is 13.8. The summed E-state index contributed by atoms with van der Waals surface area (Å²) < 4.78 is 6.27. The molecule has 1 aromatic carbocycles. The quantitative estimate of drug-likeness (QED) is 0.228. The molecule has 2 bridgehead atoms.